The average molecular weight is 313 g/mol. The van der Waals surface area contributed by atoms with Crippen molar-refractivity contribution in [1.82, 2.24) is 15.1 Å². The Kier molecular flexibility index (Phi) is 6.38. The first-order valence-corrected chi connectivity index (χ1v) is 7.89. The van der Waals surface area contributed by atoms with Crippen LogP contribution in [0.3, 0.4) is 0 Å². The van der Waals surface area contributed by atoms with Crippen molar-refractivity contribution < 1.29 is 14.3 Å². The molecule has 22 heavy (non-hydrogen) atoms. The lowest BCUT2D eigenvalue weighted by Crippen LogP contribution is -2.58. The molecule has 0 aromatic carbocycles. The number of likely N-dealkylation sites (N-methyl/N-ethyl adjacent to an activating group) is 1. The highest BCUT2D eigenvalue weighted by atomic mass is 16.6. The predicted octanol–water partition coefficient (Wildman–Crippen LogP) is 0.860. The van der Waals surface area contributed by atoms with Crippen molar-refractivity contribution in [2.45, 2.75) is 51.2 Å². The Labute approximate surface area is 134 Å². The van der Waals surface area contributed by atoms with Gasteiger partial charge in [0.15, 0.2) is 0 Å². The van der Waals surface area contributed by atoms with Gasteiger partial charge in [0.1, 0.15) is 12.0 Å². The molecule has 128 valence electrons. The number of rotatable bonds is 5. The number of piperidine rings is 1. The standard InChI is InChI=1S/C16H31N3O3/c1-15(2,3)22-14(21)11-13(20)17-12-16(18(4)5)7-9-19(6)10-8-16/h7-12H2,1-6H3,(H,17,20). The summed E-state index contributed by atoms with van der Waals surface area (Å²) in [5, 5.41) is 2.91. The summed E-state index contributed by atoms with van der Waals surface area (Å²) in [7, 11) is 6.21. The summed E-state index contributed by atoms with van der Waals surface area (Å²) in [5.74, 6) is -0.748. The Hall–Kier alpha value is -1.14. The third kappa shape index (κ3) is 5.93. The van der Waals surface area contributed by atoms with Crippen LogP contribution in [0.15, 0.2) is 0 Å². The number of hydrogen-bond acceptors (Lipinski definition) is 5. The van der Waals surface area contributed by atoms with E-state index in [-0.39, 0.29) is 17.9 Å². The summed E-state index contributed by atoms with van der Waals surface area (Å²) in [5.41, 5.74) is -0.591. The molecule has 0 radical (unpaired) electrons. The van der Waals surface area contributed by atoms with Crippen LogP contribution in [0.5, 0.6) is 0 Å². The summed E-state index contributed by atoms with van der Waals surface area (Å²) in [6.45, 7) is 7.98. The van der Waals surface area contributed by atoms with Crippen molar-refractivity contribution in [1.29, 1.82) is 0 Å². The lowest BCUT2D eigenvalue weighted by molar-refractivity contribution is -0.156. The van der Waals surface area contributed by atoms with Crippen molar-refractivity contribution in [2.24, 2.45) is 0 Å². The lowest BCUT2D eigenvalue weighted by atomic mass is 9.86. The molecule has 1 heterocycles. The number of hydrogen-bond donors (Lipinski definition) is 1. The first-order valence-electron chi connectivity index (χ1n) is 7.89. The van der Waals surface area contributed by atoms with Crippen LogP contribution in [0.2, 0.25) is 0 Å². The van der Waals surface area contributed by atoms with Gasteiger partial charge in [-0.15, -0.1) is 0 Å². The summed E-state index contributed by atoms with van der Waals surface area (Å²) in [4.78, 5) is 28.1. The van der Waals surface area contributed by atoms with Gasteiger partial charge in [0.2, 0.25) is 5.91 Å². The van der Waals surface area contributed by atoms with E-state index in [2.05, 4.69) is 22.2 Å². The van der Waals surface area contributed by atoms with Crippen molar-refractivity contribution in [2.75, 3.05) is 40.8 Å². The predicted molar refractivity (Wildman–Crippen MR) is 86.6 cm³/mol. The van der Waals surface area contributed by atoms with Crippen LogP contribution in [-0.4, -0.2) is 73.6 Å². The number of amides is 1. The molecule has 0 aromatic heterocycles. The number of esters is 1. The topological polar surface area (TPSA) is 61.9 Å². The zero-order chi connectivity index (χ0) is 17.0. The van der Waals surface area contributed by atoms with E-state index in [1.54, 1.807) is 20.8 Å². The molecule has 1 aliphatic heterocycles. The Balaban J connectivity index is 2.48. The van der Waals surface area contributed by atoms with Crippen LogP contribution in [0, 0.1) is 0 Å². The molecule has 6 nitrogen and oxygen atoms in total. The molecule has 0 bridgehead atoms. The molecule has 1 amide bonds. The number of likely N-dealkylation sites (tertiary alicyclic amines) is 1. The molecular weight excluding hydrogens is 282 g/mol. The summed E-state index contributed by atoms with van der Waals surface area (Å²) in [6.07, 6.45) is 1.78. The zero-order valence-corrected chi connectivity index (χ0v) is 14.9. The fourth-order valence-corrected chi connectivity index (χ4v) is 2.65. The molecule has 0 aliphatic carbocycles. The Morgan fingerprint density at radius 1 is 1.23 bits per heavy atom. The first kappa shape index (κ1) is 18.9. The number of carbonyl (C=O) groups is 2. The Bertz CT molecular complexity index is 394. The lowest BCUT2D eigenvalue weighted by Gasteiger charge is -2.45. The van der Waals surface area contributed by atoms with E-state index in [0.717, 1.165) is 25.9 Å². The molecule has 1 saturated heterocycles. The van der Waals surface area contributed by atoms with Crippen LogP contribution in [0.1, 0.15) is 40.0 Å². The Morgan fingerprint density at radius 3 is 2.23 bits per heavy atom. The van der Waals surface area contributed by atoms with E-state index in [1.165, 1.54) is 0 Å². The smallest absolute Gasteiger partial charge is 0.315 e. The number of ether oxygens (including phenoxy) is 1. The maximum atomic E-state index is 12.0. The SMILES string of the molecule is CN1CCC(CNC(=O)CC(=O)OC(C)(C)C)(N(C)C)CC1. The summed E-state index contributed by atoms with van der Waals surface area (Å²) < 4.78 is 5.17. The second-order valence-corrected chi connectivity index (χ2v) is 7.46. The molecule has 0 atom stereocenters. The molecular formula is C16H31N3O3. The number of carbonyl (C=O) groups excluding carboxylic acids is 2. The van der Waals surface area contributed by atoms with E-state index >= 15 is 0 Å². The molecule has 0 unspecified atom stereocenters. The molecule has 0 spiro atoms. The zero-order valence-electron chi connectivity index (χ0n) is 14.9. The van der Waals surface area contributed by atoms with Gasteiger partial charge in [-0.05, 0) is 67.8 Å². The van der Waals surface area contributed by atoms with Crippen molar-refractivity contribution in [3.05, 3.63) is 0 Å². The molecule has 1 fully saturated rings. The van der Waals surface area contributed by atoms with Gasteiger partial charge in [-0.25, -0.2) is 0 Å². The summed E-state index contributed by atoms with van der Waals surface area (Å²) >= 11 is 0. The largest absolute Gasteiger partial charge is 0.460 e. The third-order valence-electron chi connectivity index (χ3n) is 4.21. The van der Waals surface area contributed by atoms with Gasteiger partial charge in [0, 0.05) is 12.1 Å². The van der Waals surface area contributed by atoms with Crippen LogP contribution in [0.4, 0.5) is 0 Å². The molecule has 0 saturated carbocycles. The highest BCUT2D eigenvalue weighted by molar-refractivity contribution is 5.94. The first-order chi connectivity index (χ1) is 10.0. The maximum Gasteiger partial charge on any atom is 0.315 e. The Morgan fingerprint density at radius 2 is 1.77 bits per heavy atom. The van der Waals surface area contributed by atoms with Gasteiger partial charge in [-0.2, -0.15) is 0 Å². The van der Waals surface area contributed by atoms with Gasteiger partial charge in [0.25, 0.3) is 0 Å². The minimum Gasteiger partial charge on any atom is -0.460 e. The molecule has 1 aliphatic rings. The normalized spacial score (nSPS) is 19.0. The van der Waals surface area contributed by atoms with Gasteiger partial charge in [-0.1, -0.05) is 0 Å². The third-order valence-corrected chi connectivity index (χ3v) is 4.21. The van der Waals surface area contributed by atoms with E-state index in [4.69, 9.17) is 4.74 Å². The van der Waals surface area contributed by atoms with E-state index in [9.17, 15) is 9.59 Å². The minimum atomic E-state index is -0.559. The van der Waals surface area contributed by atoms with Crippen LogP contribution < -0.4 is 5.32 Å². The van der Waals surface area contributed by atoms with Crippen molar-refractivity contribution in [3.8, 4) is 0 Å². The van der Waals surface area contributed by atoms with E-state index in [1.807, 2.05) is 14.1 Å². The van der Waals surface area contributed by atoms with Crippen LogP contribution in [0.25, 0.3) is 0 Å². The fourth-order valence-electron chi connectivity index (χ4n) is 2.65. The van der Waals surface area contributed by atoms with Gasteiger partial charge in [0.05, 0.1) is 0 Å². The second-order valence-electron chi connectivity index (χ2n) is 7.46. The quantitative estimate of drug-likeness (QED) is 0.602. The average Bonchev–Trinajstić information content (AvgIpc) is 2.35. The van der Waals surface area contributed by atoms with Gasteiger partial charge < -0.3 is 19.9 Å². The molecule has 1 N–H and O–H groups in total. The maximum absolute atomic E-state index is 12.0. The van der Waals surface area contributed by atoms with Gasteiger partial charge >= 0.3 is 5.97 Å². The minimum absolute atomic E-state index is 0.0316. The van der Waals surface area contributed by atoms with Crippen molar-refractivity contribution >= 4 is 11.9 Å². The van der Waals surface area contributed by atoms with Gasteiger partial charge in [-0.3, -0.25) is 9.59 Å². The van der Waals surface area contributed by atoms with Crippen LogP contribution >= 0.6 is 0 Å². The van der Waals surface area contributed by atoms with E-state index < -0.39 is 11.6 Å². The highest BCUT2D eigenvalue weighted by Gasteiger charge is 2.36. The molecule has 1 rings (SSSR count). The van der Waals surface area contributed by atoms with E-state index in [0.29, 0.717) is 6.54 Å². The number of nitrogens with one attached hydrogen (secondary N) is 1. The van der Waals surface area contributed by atoms with Crippen molar-refractivity contribution in [3.63, 3.8) is 0 Å². The molecule has 6 heteroatoms. The molecule has 0 aromatic rings. The fraction of sp³-hybridized carbons (Fsp3) is 0.875. The monoisotopic (exact) mass is 313 g/mol. The highest BCUT2D eigenvalue weighted by Crippen LogP contribution is 2.25. The number of nitrogens with zero attached hydrogens (tertiary/aromatic N) is 2. The second kappa shape index (κ2) is 7.42. The summed E-state index contributed by atoms with van der Waals surface area (Å²) in [6, 6.07) is 0. The van der Waals surface area contributed by atoms with Crippen LogP contribution in [-0.2, 0) is 14.3 Å².